The molecule has 5 heteroatoms. The Morgan fingerprint density at radius 3 is 2.35 bits per heavy atom. The number of methoxy groups -OCH3 is 1. The van der Waals surface area contributed by atoms with Crippen LogP contribution in [-0.2, 0) is 6.54 Å². The van der Waals surface area contributed by atoms with E-state index in [-0.39, 0.29) is 5.75 Å². The monoisotopic (exact) mass is 399 g/mol. The molecule has 106 valence electrons. The van der Waals surface area contributed by atoms with Gasteiger partial charge in [-0.1, -0.05) is 12.1 Å². The molecular weight excluding hydrogens is 386 g/mol. The van der Waals surface area contributed by atoms with Crippen LogP contribution >= 0.6 is 31.9 Å². The summed E-state index contributed by atoms with van der Waals surface area (Å²) in [5.41, 5.74) is 2.10. The zero-order chi connectivity index (χ0) is 14.7. The van der Waals surface area contributed by atoms with Crippen molar-refractivity contribution in [1.82, 2.24) is 0 Å². The smallest absolute Gasteiger partial charge is 0.143 e. The fraction of sp³-hybridized carbons (Fsp3) is 0.200. The molecule has 0 heterocycles. The molecule has 0 radical (unpaired) electrons. The molecule has 0 saturated carbocycles. The summed E-state index contributed by atoms with van der Waals surface area (Å²) < 4.78 is 6.72. The summed E-state index contributed by atoms with van der Waals surface area (Å²) in [5.74, 6) is 1.06. The summed E-state index contributed by atoms with van der Waals surface area (Å²) in [6, 6.07) is 11.7. The molecule has 1 N–H and O–H groups in total. The maximum absolute atomic E-state index is 9.74. The normalized spacial score (nSPS) is 10.4. The molecule has 0 fully saturated rings. The highest BCUT2D eigenvalue weighted by Gasteiger charge is 2.11. The molecule has 0 saturated heterocycles. The number of phenols is 1. The van der Waals surface area contributed by atoms with Gasteiger partial charge in [-0.25, -0.2) is 0 Å². The van der Waals surface area contributed by atoms with Crippen LogP contribution in [0.3, 0.4) is 0 Å². The van der Waals surface area contributed by atoms with E-state index >= 15 is 0 Å². The molecule has 0 spiro atoms. The zero-order valence-electron chi connectivity index (χ0n) is 11.2. The Labute approximate surface area is 135 Å². The van der Waals surface area contributed by atoms with E-state index in [1.54, 1.807) is 7.11 Å². The Kier molecular flexibility index (Phi) is 4.94. The SMILES string of the molecule is COc1ccccc1N(C)Cc1cc(Br)c(O)c(Br)c1. The molecule has 0 aliphatic carbocycles. The van der Waals surface area contributed by atoms with E-state index in [0.717, 1.165) is 17.0 Å². The van der Waals surface area contributed by atoms with Crippen molar-refractivity contribution in [2.24, 2.45) is 0 Å². The number of rotatable bonds is 4. The number of hydrogen-bond acceptors (Lipinski definition) is 3. The lowest BCUT2D eigenvalue weighted by atomic mass is 10.2. The minimum absolute atomic E-state index is 0.216. The van der Waals surface area contributed by atoms with E-state index in [9.17, 15) is 5.11 Å². The number of hydrogen-bond donors (Lipinski definition) is 1. The number of aromatic hydroxyl groups is 1. The van der Waals surface area contributed by atoms with E-state index in [1.807, 2.05) is 43.4 Å². The summed E-state index contributed by atoms with van der Waals surface area (Å²) >= 11 is 6.70. The lowest BCUT2D eigenvalue weighted by Crippen LogP contribution is -2.17. The van der Waals surface area contributed by atoms with Crippen LogP contribution in [0.1, 0.15) is 5.56 Å². The van der Waals surface area contributed by atoms with Gasteiger partial charge in [0, 0.05) is 13.6 Å². The summed E-state index contributed by atoms with van der Waals surface area (Å²) in [4.78, 5) is 2.10. The molecule has 0 amide bonds. The molecule has 20 heavy (non-hydrogen) atoms. The average Bonchev–Trinajstić information content (AvgIpc) is 2.44. The van der Waals surface area contributed by atoms with Crippen molar-refractivity contribution in [3.63, 3.8) is 0 Å². The number of phenolic OH excluding ortho intramolecular Hbond substituents is 1. The van der Waals surface area contributed by atoms with E-state index in [2.05, 4.69) is 36.8 Å². The Bertz CT molecular complexity index is 594. The van der Waals surface area contributed by atoms with Gasteiger partial charge in [0.25, 0.3) is 0 Å². The lowest BCUT2D eigenvalue weighted by Gasteiger charge is -2.22. The number of ether oxygens (including phenoxy) is 1. The molecule has 0 unspecified atom stereocenters. The van der Waals surface area contributed by atoms with Crippen LogP contribution in [0.25, 0.3) is 0 Å². The predicted octanol–water partition coefficient (Wildman–Crippen LogP) is 4.56. The molecule has 0 bridgehead atoms. The Morgan fingerprint density at radius 1 is 1.15 bits per heavy atom. The molecule has 3 nitrogen and oxygen atoms in total. The average molecular weight is 401 g/mol. The molecule has 0 aliphatic heterocycles. The Balaban J connectivity index is 2.25. The standard InChI is InChI=1S/C15H15Br2NO2/c1-18(13-5-3-4-6-14(13)20-2)9-10-7-11(16)15(19)12(17)8-10/h3-8,19H,9H2,1-2H3. The fourth-order valence-corrected chi connectivity index (χ4v) is 3.29. The maximum Gasteiger partial charge on any atom is 0.143 e. The van der Waals surface area contributed by atoms with Crippen LogP contribution in [0.2, 0.25) is 0 Å². The zero-order valence-corrected chi connectivity index (χ0v) is 14.4. The van der Waals surface area contributed by atoms with Crippen LogP contribution in [0, 0.1) is 0 Å². The fourth-order valence-electron chi connectivity index (χ4n) is 2.01. The van der Waals surface area contributed by atoms with Crippen molar-refractivity contribution in [2.75, 3.05) is 19.1 Å². The van der Waals surface area contributed by atoms with Gasteiger partial charge in [0.2, 0.25) is 0 Å². The predicted molar refractivity (Wildman–Crippen MR) is 88.6 cm³/mol. The first-order valence-corrected chi connectivity index (χ1v) is 7.62. The van der Waals surface area contributed by atoms with E-state index in [4.69, 9.17) is 4.74 Å². The molecule has 2 aromatic carbocycles. The summed E-state index contributed by atoms with van der Waals surface area (Å²) in [6.07, 6.45) is 0. The summed E-state index contributed by atoms with van der Waals surface area (Å²) in [5, 5.41) is 9.74. The van der Waals surface area contributed by atoms with Gasteiger partial charge in [-0.2, -0.15) is 0 Å². The number of benzene rings is 2. The van der Waals surface area contributed by atoms with Crippen LogP contribution in [-0.4, -0.2) is 19.3 Å². The molecular formula is C15H15Br2NO2. The van der Waals surface area contributed by atoms with E-state index < -0.39 is 0 Å². The first-order chi connectivity index (χ1) is 9.52. The number of para-hydroxylation sites is 2. The molecule has 2 rings (SSSR count). The van der Waals surface area contributed by atoms with Crippen molar-refractivity contribution >= 4 is 37.5 Å². The van der Waals surface area contributed by atoms with Crippen LogP contribution < -0.4 is 9.64 Å². The van der Waals surface area contributed by atoms with Gasteiger partial charge in [-0.3, -0.25) is 0 Å². The topological polar surface area (TPSA) is 32.7 Å². The van der Waals surface area contributed by atoms with Gasteiger partial charge >= 0.3 is 0 Å². The minimum atomic E-state index is 0.216. The van der Waals surface area contributed by atoms with Crippen molar-refractivity contribution in [3.8, 4) is 11.5 Å². The van der Waals surface area contributed by atoms with Gasteiger partial charge < -0.3 is 14.7 Å². The summed E-state index contributed by atoms with van der Waals surface area (Å²) in [6.45, 7) is 0.706. The highest BCUT2D eigenvalue weighted by Crippen LogP contribution is 2.34. The van der Waals surface area contributed by atoms with Crippen molar-refractivity contribution in [1.29, 1.82) is 0 Å². The Morgan fingerprint density at radius 2 is 1.75 bits per heavy atom. The molecule has 0 aromatic heterocycles. The lowest BCUT2D eigenvalue weighted by molar-refractivity contribution is 0.415. The largest absolute Gasteiger partial charge is 0.506 e. The third kappa shape index (κ3) is 3.27. The molecule has 0 atom stereocenters. The minimum Gasteiger partial charge on any atom is -0.506 e. The summed E-state index contributed by atoms with van der Waals surface area (Å²) in [7, 11) is 3.67. The third-order valence-electron chi connectivity index (χ3n) is 2.99. The number of halogens is 2. The van der Waals surface area contributed by atoms with Gasteiger partial charge in [0.15, 0.2) is 0 Å². The first-order valence-electron chi connectivity index (χ1n) is 6.04. The number of anilines is 1. The molecule has 0 aliphatic rings. The second kappa shape index (κ2) is 6.50. The van der Waals surface area contributed by atoms with Gasteiger partial charge in [0.05, 0.1) is 21.7 Å². The second-order valence-corrected chi connectivity index (χ2v) is 6.14. The van der Waals surface area contributed by atoms with E-state index in [0.29, 0.717) is 15.5 Å². The van der Waals surface area contributed by atoms with Gasteiger partial charge in [-0.05, 0) is 61.7 Å². The van der Waals surface area contributed by atoms with Crippen LogP contribution in [0.4, 0.5) is 5.69 Å². The maximum atomic E-state index is 9.74. The first kappa shape index (κ1) is 15.2. The van der Waals surface area contributed by atoms with Crippen molar-refractivity contribution in [3.05, 3.63) is 50.9 Å². The highest BCUT2D eigenvalue weighted by atomic mass is 79.9. The van der Waals surface area contributed by atoms with Gasteiger partial charge in [-0.15, -0.1) is 0 Å². The van der Waals surface area contributed by atoms with Gasteiger partial charge in [0.1, 0.15) is 11.5 Å². The molecule has 2 aromatic rings. The van der Waals surface area contributed by atoms with E-state index in [1.165, 1.54) is 0 Å². The van der Waals surface area contributed by atoms with Crippen molar-refractivity contribution in [2.45, 2.75) is 6.54 Å². The quantitative estimate of drug-likeness (QED) is 0.816. The highest BCUT2D eigenvalue weighted by molar-refractivity contribution is 9.11. The Hall–Kier alpha value is -1.20. The van der Waals surface area contributed by atoms with Crippen LogP contribution in [0.15, 0.2) is 45.3 Å². The van der Waals surface area contributed by atoms with Crippen molar-refractivity contribution < 1.29 is 9.84 Å². The third-order valence-corrected chi connectivity index (χ3v) is 4.20. The second-order valence-electron chi connectivity index (χ2n) is 4.44. The van der Waals surface area contributed by atoms with Crippen LogP contribution in [0.5, 0.6) is 11.5 Å². The number of nitrogens with zero attached hydrogens (tertiary/aromatic N) is 1.